The molecule has 3 rings (SSSR count). The highest BCUT2D eigenvalue weighted by molar-refractivity contribution is 6.46. The summed E-state index contributed by atoms with van der Waals surface area (Å²) in [4.78, 5) is 30.2. The van der Waals surface area contributed by atoms with Crippen LogP contribution >= 0.6 is 0 Å². The molecular formula is C28H35FN2O5. The summed E-state index contributed by atoms with van der Waals surface area (Å²) in [5, 5.41) is 11.1. The van der Waals surface area contributed by atoms with E-state index in [0.29, 0.717) is 43.2 Å². The third kappa shape index (κ3) is 5.87. The summed E-state index contributed by atoms with van der Waals surface area (Å²) in [6.07, 6.45) is 0.664. The van der Waals surface area contributed by atoms with Crippen LogP contribution in [-0.4, -0.2) is 66.0 Å². The molecule has 1 amide bonds. The molecule has 194 valence electrons. The van der Waals surface area contributed by atoms with Gasteiger partial charge in [-0.15, -0.1) is 0 Å². The molecule has 1 aliphatic heterocycles. The number of nitrogens with zero attached hydrogens (tertiary/aromatic N) is 2. The minimum absolute atomic E-state index is 0.0268. The molecule has 1 saturated heterocycles. The van der Waals surface area contributed by atoms with Gasteiger partial charge in [-0.05, 0) is 81.9 Å². The lowest BCUT2D eigenvalue weighted by Gasteiger charge is -2.27. The van der Waals surface area contributed by atoms with Gasteiger partial charge in [0.2, 0.25) is 0 Å². The highest BCUT2D eigenvalue weighted by atomic mass is 19.1. The topological polar surface area (TPSA) is 79.3 Å². The number of hydrogen-bond acceptors (Lipinski definition) is 6. The van der Waals surface area contributed by atoms with Gasteiger partial charge in [-0.1, -0.05) is 19.9 Å². The second kappa shape index (κ2) is 12.5. The number of Topliss-reactive ketones (excluding diaryl/α,β-unsaturated/α-hetero) is 1. The number of hydrogen-bond donors (Lipinski definition) is 1. The van der Waals surface area contributed by atoms with Crippen molar-refractivity contribution in [2.75, 3.05) is 39.4 Å². The second-order valence-electron chi connectivity index (χ2n) is 8.45. The van der Waals surface area contributed by atoms with Gasteiger partial charge in [0.1, 0.15) is 11.6 Å². The van der Waals surface area contributed by atoms with E-state index in [4.69, 9.17) is 9.47 Å². The van der Waals surface area contributed by atoms with Gasteiger partial charge in [0.05, 0.1) is 24.8 Å². The Labute approximate surface area is 212 Å². The summed E-state index contributed by atoms with van der Waals surface area (Å²) in [5.74, 6) is -1.19. The molecule has 0 saturated carbocycles. The number of halogens is 1. The Morgan fingerprint density at radius 1 is 0.972 bits per heavy atom. The molecule has 8 heteroatoms. The maximum Gasteiger partial charge on any atom is 0.295 e. The Morgan fingerprint density at radius 3 is 2.22 bits per heavy atom. The van der Waals surface area contributed by atoms with Crippen LogP contribution in [0, 0.1) is 5.82 Å². The maximum atomic E-state index is 13.5. The highest BCUT2D eigenvalue weighted by Crippen LogP contribution is 2.42. The minimum atomic E-state index is -0.818. The van der Waals surface area contributed by atoms with Crippen LogP contribution in [-0.2, 0) is 9.59 Å². The summed E-state index contributed by atoms with van der Waals surface area (Å²) >= 11 is 0. The normalized spacial score (nSPS) is 17.2. The minimum Gasteiger partial charge on any atom is -0.507 e. The monoisotopic (exact) mass is 498 g/mol. The lowest BCUT2D eigenvalue weighted by molar-refractivity contribution is -0.140. The summed E-state index contributed by atoms with van der Waals surface area (Å²) in [6, 6.07) is 9.64. The van der Waals surface area contributed by atoms with Crippen LogP contribution in [0.15, 0.2) is 48.0 Å². The third-order valence-electron chi connectivity index (χ3n) is 6.31. The summed E-state index contributed by atoms with van der Waals surface area (Å²) in [6.45, 7) is 11.6. The van der Waals surface area contributed by atoms with Crippen molar-refractivity contribution in [2.45, 2.75) is 40.2 Å². The van der Waals surface area contributed by atoms with E-state index in [-0.39, 0.29) is 16.9 Å². The molecule has 1 heterocycles. The Hall–Kier alpha value is -3.39. The summed E-state index contributed by atoms with van der Waals surface area (Å²) in [7, 11) is 0. The standard InChI is InChI=1S/C28H35FN2O5/c1-5-30(6-2)16-9-17-31-25(20-12-15-22(35-7-3)23(18-20)36-8-4)24(27(33)28(31)34)26(32)19-10-13-21(29)14-11-19/h10-15,18,25,32H,5-9,16-17H2,1-4H3. The molecule has 2 aromatic rings. The molecule has 0 spiro atoms. The molecule has 2 aromatic carbocycles. The van der Waals surface area contributed by atoms with E-state index in [1.165, 1.54) is 29.2 Å². The van der Waals surface area contributed by atoms with Crippen LogP contribution in [0.3, 0.4) is 0 Å². The molecule has 1 unspecified atom stereocenters. The fourth-order valence-corrected chi connectivity index (χ4v) is 4.46. The number of rotatable bonds is 12. The van der Waals surface area contributed by atoms with Crippen molar-refractivity contribution >= 4 is 17.4 Å². The van der Waals surface area contributed by atoms with Gasteiger partial charge < -0.3 is 24.4 Å². The zero-order valence-electron chi connectivity index (χ0n) is 21.4. The number of carbonyl (C=O) groups excluding carboxylic acids is 2. The number of aliphatic hydroxyl groups excluding tert-OH is 1. The van der Waals surface area contributed by atoms with Crippen molar-refractivity contribution in [1.29, 1.82) is 0 Å². The third-order valence-corrected chi connectivity index (χ3v) is 6.31. The fraction of sp³-hybridized carbons (Fsp3) is 0.429. The van der Waals surface area contributed by atoms with Crippen LogP contribution in [0.5, 0.6) is 11.5 Å². The van der Waals surface area contributed by atoms with Crippen molar-refractivity contribution in [3.8, 4) is 11.5 Å². The molecule has 1 aliphatic rings. The first-order valence-corrected chi connectivity index (χ1v) is 12.5. The second-order valence-corrected chi connectivity index (χ2v) is 8.45. The van der Waals surface area contributed by atoms with Crippen LogP contribution in [0.25, 0.3) is 5.76 Å². The van der Waals surface area contributed by atoms with E-state index < -0.39 is 23.5 Å². The number of amides is 1. The lowest BCUT2D eigenvalue weighted by Crippen LogP contribution is -2.33. The van der Waals surface area contributed by atoms with Crippen molar-refractivity contribution < 1.29 is 28.6 Å². The molecular weight excluding hydrogens is 463 g/mol. The van der Waals surface area contributed by atoms with Crippen molar-refractivity contribution in [3.05, 3.63) is 65.0 Å². The summed E-state index contributed by atoms with van der Waals surface area (Å²) in [5.41, 5.74) is 0.854. The predicted molar refractivity (Wildman–Crippen MR) is 137 cm³/mol. The number of ketones is 1. The van der Waals surface area contributed by atoms with E-state index in [9.17, 15) is 19.1 Å². The van der Waals surface area contributed by atoms with Crippen LogP contribution in [0.2, 0.25) is 0 Å². The van der Waals surface area contributed by atoms with Crippen LogP contribution in [0.4, 0.5) is 4.39 Å². The highest BCUT2D eigenvalue weighted by Gasteiger charge is 2.46. The van der Waals surface area contributed by atoms with E-state index >= 15 is 0 Å². The van der Waals surface area contributed by atoms with Crippen LogP contribution in [0.1, 0.15) is 51.3 Å². The molecule has 0 bridgehead atoms. The summed E-state index contributed by atoms with van der Waals surface area (Å²) < 4.78 is 24.9. The van der Waals surface area contributed by atoms with Gasteiger partial charge in [0.15, 0.2) is 11.5 Å². The Morgan fingerprint density at radius 2 is 1.61 bits per heavy atom. The molecule has 0 aliphatic carbocycles. The number of carbonyl (C=O) groups is 2. The molecule has 7 nitrogen and oxygen atoms in total. The maximum absolute atomic E-state index is 13.5. The van der Waals surface area contributed by atoms with Gasteiger partial charge in [0.25, 0.3) is 11.7 Å². The molecule has 0 radical (unpaired) electrons. The molecule has 1 N–H and O–H groups in total. The molecule has 36 heavy (non-hydrogen) atoms. The Balaban J connectivity index is 2.09. The number of ether oxygens (including phenoxy) is 2. The SMILES string of the molecule is CCOc1ccc(C2C(=C(O)c3ccc(F)cc3)C(=O)C(=O)N2CCCN(CC)CC)cc1OCC. The first-order chi connectivity index (χ1) is 17.4. The first-order valence-electron chi connectivity index (χ1n) is 12.5. The fourth-order valence-electron chi connectivity index (χ4n) is 4.46. The smallest absolute Gasteiger partial charge is 0.295 e. The Kier molecular flexibility index (Phi) is 9.47. The molecule has 1 fully saturated rings. The molecule has 1 atom stereocenters. The van der Waals surface area contributed by atoms with Gasteiger partial charge in [-0.3, -0.25) is 9.59 Å². The molecule has 0 aromatic heterocycles. The van der Waals surface area contributed by atoms with Gasteiger partial charge in [0, 0.05) is 12.1 Å². The van der Waals surface area contributed by atoms with Gasteiger partial charge >= 0.3 is 0 Å². The average molecular weight is 499 g/mol. The average Bonchev–Trinajstić information content (AvgIpc) is 3.13. The van der Waals surface area contributed by atoms with E-state index in [1.807, 2.05) is 13.8 Å². The Bertz CT molecular complexity index is 1100. The number of benzene rings is 2. The number of aliphatic hydroxyl groups is 1. The first kappa shape index (κ1) is 27.2. The quantitative estimate of drug-likeness (QED) is 0.258. The van der Waals surface area contributed by atoms with Gasteiger partial charge in [-0.2, -0.15) is 0 Å². The van der Waals surface area contributed by atoms with Crippen LogP contribution < -0.4 is 9.47 Å². The van der Waals surface area contributed by atoms with Crippen molar-refractivity contribution in [2.24, 2.45) is 0 Å². The number of likely N-dealkylation sites (tertiary alicyclic amines) is 1. The van der Waals surface area contributed by atoms with E-state index in [1.54, 1.807) is 18.2 Å². The largest absolute Gasteiger partial charge is 0.507 e. The van der Waals surface area contributed by atoms with Crippen molar-refractivity contribution in [3.63, 3.8) is 0 Å². The van der Waals surface area contributed by atoms with E-state index in [2.05, 4.69) is 18.7 Å². The van der Waals surface area contributed by atoms with E-state index in [0.717, 1.165) is 19.6 Å². The van der Waals surface area contributed by atoms with Gasteiger partial charge in [-0.25, -0.2) is 4.39 Å². The van der Waals surface area contributed by atoms with Crippen molar-refractivity contribution in [1.82, 2.24) is 9.80 Å². The lowest BCUT2D eigenvalue weighted by atomic mass is 9.95. The zero-order chi connectivity index (χ0) is 26.2. The zero-order valence-corrected chi connectivity index (χ0v) is 21.4. The predicted octanol–water partition coefficient (Wildman–Crippen LogP) is 4.78.